The molecule has 1 aliphatic carbocycles. The number of benzene rings is 1. The number of hydrogen-bond acceptors (Lipinski definition) is 1. The van der Waals surface area contributed by atoms with Crippen molar-refractivity contribution in [3.8, 4) is 0 Å². The van der Waals surface area contributed by atoms with Crippen LogP contribution in [-0.2, 0) is 6.18 Å². The van der Waals surface area contributed by atoms with Crippen LogP contribution in [0.5, 0.6) is 0 Å². The third-order valence-electron chi connectivity index (χ3n) is 3.84. The van der Waals surface area contributed by atoms with Crippen LogP contribution in [0.1, 0.15) is 49.3 Å². The summed E-state index contributed by atoms with van der Waals surface area (Å²) in [7, 11) is 0. The van der Waals surface area contributed by atoms with Crippen LogP contribution in [0, 0.1) is 5.92 Å². The van der Waals surface area contributed by atoms with Gasteiger partial charge in [0.2, 0.25) is 0 Å². The molecule has 0 amide bonds. The van der Waals surface area contributed by atoms with Crippen molar-refractivity contribution in [3.05, 3.63) is 33.8 Å². The van der Waals surface area contributed by atoms with E-state index in [9.17, 15) is 13.2 Å². The second-order valence-corrected chi connectivity index (χ2v) is 6.01. The minimum Gasteiger partial charge on any atom is -0.324 e. The summed E-state index contributed by atoms with van der Waals surface area (Å²) in [6.07, 6.45) is 1.13. The Labute approximate surface area is 131 Å². The predicted molar refractivity (Wildman–Crippen MR) is 79.9 cm³/mol. The Morgan fingerprint density at radius 1 is 1.15 bits per heavy atom. The van der Waals surface area contributed by atoms with Crippen molar-refractivity contribution in [1.29, 1.82) is 0 Å². The Bertz CT molecular complexity index is 445. The molecule has 0 aromatic heterocycles. The van der Waals surface area contributed by atoms with E-state index in [1.165, 1.54) is 18.6 Å². The molecular formula is C14H18BrClF3N. The van der Waals surface area contributed by atoms with Crippen LogP contribution in [0.15, 0.2) is 22.7 Å². The van der Waals surface area contributed by atoms with Crippen molar-refractivity contribution >= 4 is 28.3 Å². The minimum atomic E-state index is -4.32. The third kappa shape index (κ3) is 4.12. The highest BCUT2D eigenvalue weighted by molar-refractivity contribution is 9.10. The quantitative estimate of drug-likeness (QED) is 0.732. The van der Waals surface area contributed by atoms with Gasteiger partial charge in [-0.1, -0.05) is 35.2 Å². The lowest BCUT2D eigenvalue weighted by Gasteiger charge is -2.28. The van der Waals surface area contributed by atoms with E-state index in [1.54, 1.807) is 0 Å². The first-order valence-corrected chi connectivity index (χ1v) is 7.31. The fourth-order valence-electron chi connectivity index (χ4n) is 2.72. The molecule has 1 saturated carbocycles. The van der Waals surface area contributed by atoms with Gasteiger partial charge >= 0.3 is 6.18 Å². The first kappa shape index (κ1) is 17.8. The molecule has 0 spiro atoms. The summed E-state index contributed by atoms with van der Waals surface area (Å²) in [5.74, 6) is 0.286. The molecule has 0 saturated heterocycles. The summed E-state index contributed by atoms with van der Waals surface area (Å²) in [6, 6.07) is 3.39. The van der Waals surface area contributed by atoms with E-state index < -0.39 is 11.7 Å². The Morgan fingerprint density at radius 3 is 2.30 bits per heavy atom. The van der Waals surface area contributed by atoms with Crippen LogP contribution >= 0.6 is 28.3 Å². The average molecular weight is 373 g/mol. The van der Waals surface area contributed by atoms with Gasteiger partial charge < -0.3 is 5.73 Å². The lowest BCUT2D eigenvalue weighted by molar-refractivity contribution is -0.137. The van der Waals surface area contributed by atoms with Crippen molar-refractivity contribution in [2.45, 2.75) is 44.3 Å². The van der Waals surface area contributed by atoms with E-state index >= 15 is 0 Å². The van der Waals surface area contributed by atoms with Gasteiger partial charge in [-0.15, -0.1) is 12.4 Å². The van der Waals surface area contributed by atoms with Gasteiger partial charge in [0, 0.05) is 10.5 Å². The predicted octanol–water partition coefficient (Wildman–Crippen LogP) is 5.47. The molecule has 1 atom stereocenters. The maximum atomic E-state index is 12.7. The fraction of sp³-hybridized carbons (Fsp3) is 0.571. The minimum absolute atomic E-state index is 0. The molecule has 2 rings (SSSR count). The smallest absolute Gasteiger partial charge is 0.324 e. The Hall–Kier alpha value is -0.260. The summed E-state index contributed by atoms with van der Waals surface area (Å²) in [5, 5.41) is 0. The van der Waals surface area contributed by atoms with Crippen LogP contribution in [0.25, 0.3) is 0 Å². The van der Waals surface area contributed by atoms with Crippen molar-refractivity contribution in [1.82, 2.24) is 0 Å². The average Bonchev–Trinajstić information content (AvgIpc) is 2.38. The van der Waals surface area contributed by atoms with E-state index in [2.05, 4.69) is 15.9 Å². The van der Waals surface area contributed by atoms with Crippen molar-refractivity contribution in [2.75, 3.05) is 0 Å². The number of halogens is 5. The maximum absolute atomic E-state index is 12.7. The Balaban J connectivity index is 0.00000200. The molecule has 0 aliphatic heterocycles. The lowest BCUT2D eigenvalue weighted by Crippen LogP contribution is -2.24. The molecule has 20 heavy (non-hydrogen) atoms. The van der Waals surface area contributed by atoms with Crippen molar-refractivity contribution in [3.63, 3.8) is 0 Å². The van der Waals surface area contributed by atoms with E-state index in [4.69, 9.17) is 5.73 Å². The van der Waals surface area contributed by atoms with Gasteiger partial charge in [-0.05, 0) is 42.5 Å². The van der Waals surface area contributed by atoms with Gasteiger partial charge in [-0.25, -0.2) is 0 Å². The summed E-state index contributed by atoms with van der Waals surface area (Å²) in [5.41, 5.74) is 6.13. The third-order valence-corrected chi connectivity index (χ3v) is 4.56. The van der Waals surface area contributed by atoms with Gasteiger partial charge in [0.15, 0.2) is 0 Å². The molecular weight excluding hydrogens is 355 g/mol. The molecule has 1 aliphatic rings. The van der Waals surface area contributed by atoms with Crippen LogP contribution in [-0.4, -0.2) is 0 Å². The molecule has 1 aromatic rings. The molecule has 0 radical (unpaired) electrons. The zero-order chi connectivity index (χ0) is 14.0. The summed E-state index contributed by atoms with van der Waals surface area (Å²) < 4.78 is 38.9. The van der Waals surface area contributed by atoms with Crippen LogP contribution in [0.3, 0.4) is 0 Å². The van der Waals surface area contributed by atoms with E-state index in [0.29, 0.717) is 10.0 Å². The Morgan fingerprint density at radius 2 is 1.75 bits per heavy atom. The van der Waals surface area contributed by atoms with Gasteiger partial charge in [0.05, 0.1) is 5.56 Å². The maximum Gasteiger partial charge on any atom is 0.416 e. The number of nitrogens with two attached hydrogens (primary N) is 1. The monoisotopic (exact) mass is 371 g/mol. The highest BCUT2D eigenvalue weighted by Crippen LogP contribution is 2.38. The first-order valence-electron chi connectivity index (χ1n) is 6.52. The topological polar surface area (TPSA) is 26.0 Å². The second kappa shape index (κ2) is 7.14. The zero-order valence-corrected chi connectivity index (χ0v) is 13.3. The largest absolute Gasteiger partial charge is 0.416 e. The molecule has 1 nitrogen and oxygen atoms in total. The zero-order valence-electron chi connectivity index (χ0n) is 10.9. The van der Waals surface area contributed by atoms with Crippen LogP contribution in [0.2, 0.25) is 0 Å². The van der Waals surface area contributed by atoms with Crippen LogP contribution in [0.4, 0.5) is 13.2 Å². The van der Waals surface area contributed by atoms with Crippen LogP contribution < -0.4 is 5.73 Å². The molecule has 114 valence electrons. The second-order valence-electron chi connectivity index (χ2n) is 5.16. The van der Waals surface area contributed by atoms with Crippen molar-refractivity contribution in [2.24, 2.45) is 11.7 Å². The van der Waals surface area contributed by atoms with E-state index in [0.717, 1.165) is 31.7 Å². The molecule has 0 heterocycles. The lowest BCUT2D eigenvalue weighted by atomic mass is 9.81. The first-order chi connectivity index (χ1) is 8.89. The van der Waals surface area contributed by atoms with Gasteiger partial charge in [0.25, 0.3) is 0 Å². The van der Waals surface area contributed by atoms with E-state index in [-0.39, 0.29) is 24.4 Å². The standard InChI is InChI=1S/C14H17BrF3N.ClH/c15-12-7-6-10(14(16,17)18)8-11(12)13(19)9-4-2-1-3-5-9;/h6-9,13H,1-5,19H2;1H/t13-;/m1./s1. The summed E-state index contributed by atoms with van der Waals surface area (Å²) in [6.45, 7) is 0. The highest BCUT2D eigenvalue weighted by Gasteiger charge is 2.32. The molecule has 0 bridgehead atoms. The SMILES string of the molecule is Cl.N[C@@H](c1cc(C(F)(F)F)ccc1Br)C1CCCCC1. The Kier molecular flexibility index (Phi) is 6.35. The fourth-order valence-corrected chi connectivity index (χ4v) is 3.23. The molecule has 6 heteroatoms. The molecule has 1 fully saturated rings. The molecule has 0 unspecified atom stereocenters. The highest BCUT2D eigenvalue weighted by atomic mass is 79.9. The normalized spacial score (nSPS) is 18.4. The van der Waals surface area contributed by atoms with Gasteiger partial charge in [0.1, 0.15) is 0 Å². The van der Waals surface area contributed by atoms with Crippen molar-refractivity contribution < 1.29 is 13.2 Å². The molecule has 1 aromatic carbocycles. The summed E-state index contributed by atoms with van der Waals surface area (Å²) in [4.78, 5) is 0. The number of rotatable bonds is 2. The number of hydrogen-bond donors (Lipinski definition) is 1. The molecule has 2 N–H and O–H groups in total. The summed E-state index contributed by atoms with van der Waals surface area (Å²) >= 11 is 3.32. The van der Waals surface area contributed by atoms with E-state index in [1.807, 2.05) is 0 Å². The number of alkyl halides is 3. The van der Waals surface area contributed by atoms with Gasteiger partial charge in [-0.2, -0.15) is 13.2 Å². The van der Waals surface area contributed by atoms with Gasteiger partial charge in [-0.3, -0.25) is 0 Å².